The average molecular weight is 282 g/mol. The zero-order valence-electron chi connectivity index (χ0n) is 8.27. The maximum atomic E-state index is 4.11. The van der Waals surface area contributed by atoms with Gasteiger partial charge in [0.15, 0.2) is 0 Å². The van der Waals surface area contributed by atoms with Gasteiger partial charge < -0.3 is 0 Å². The van der Waals surface area contributed by atoms with E-state index < -0.39 is 0 Å². The van der Waals surface area contributed by atoms with Crippen LogP contribution in [0.3, 0.4) is 0 Å². The van der Waals surface area contributed by atoms with E-state index in [1.54, 1.807) is 11.3 Å². The maximum absolute atomic E-state index is 4.11. The molecular weight excluding hydrogens is 270 g/mol. The number of hydrogen-bond donors (Lipinski definition) is 0. The summed E-state index contributed by atoms with van der Waals surface area (Å²) in [5.41, 5.74) is 3.29. The molecule has 0 amide bonds. The molecule has 1 aromatic carbocycles. The summed E-state index contributed by atoms with van der Waals surface area (Å²) in [5.74, 6) is 0.548. The van der Waals surface area contributed by atoms with Crippen LogP contribution in [0, 0.1) is 0 Å². The van der Waals surface area contributed by atoms with Crippen molar-refractivity contribution in [3.05, 3.63) is 52.5 Å². The first kappa shape index (κ1) is 10.8. The monoisotopic (exact) mass is 281 g/mol. The zero-order valence-corrected chi connectivity index (χ0v) is 10.7. The minimum absolute atomic E-state index is 0.548. The van der Waals surface area contributed by atoms with Crippen LogP contribution >= 0.6 is 27.3 Å². The van der Waals surface area contributed by atoms with E-state index >= 15 is 0 Å². The first-order chi connectivity index (χ1) is 7.40. The molecule has 2 aromatic rings. The summed E-state index contributed by atoms with van der Waals surface area (Å²) in [6, 6.07) is 10.6. The fourth-order valence-electron chi connectivity index (χ4n) is 1.57. The summed E-state index contributed by atoms with van der Waals surface area (Å²) >= 11 is 5.31. The average Bonchev–Trinajstić information content (AvgIpc) is 2.80. The molecule has 0 spiro atoms. The molecule has 78 valence electrons. The van der Waals surface area contributed by atoms with Crippen LogP contribution in [0.2, 0.25) is 0 Å². The van der Waals surface area contributed by atoms with Gasteiger partial charge in [0, 0.05) is 16.4 Å². The summed E-state index contributed by atoms with van der Waals surface area (Å²) in [6.45, 7) is 0. The van der Waals surface area contributed by atoms with Crippen molar-refractivity contribution in [3.63, 3.8) is 0 Å². The third kappa shape index (κ3) is 2.89. The van der Waals surface area contributed by atoms with Gasteiger partial charge in [-0.2, -0.15) is 0 Å². The Hall–Kier alpha value is -0.670. The Morgan fingerprint density at radius 2 is 2.07 bits per heavy atom. The Bertz CT molecular complexity index is 385. The van der Waals surface area contributed by atoms with Crippen LogP contribution in [-0.4, -0.2) is 10.3 Å². The molecule has 0 bridgehead atoms. The molecule has 0 aliphatic heterocycles. The highest BCUT2D eigenvalue weighted by Gasteiger charge is 2.11. The third-order valence-electron chi connectivity index (χ3n) is 2.39. The number of hydrogen-bond acceptors (Lipinski definition) is 2. The van der Waals surface area contributed by atoms with Gasteiger partial charge >= 0.3 is 0 Å². The van der Waals surface area contributed by atoms with Crippen LogP contribution in [0.4, 0.5) is 0 Å². The van der Waals surface area contributed by atoms with Crippen molar-refractivity contribution in [3.8, 4) is 0 Å². The fourth-order valence-corrected chi connectivity index (χ4v) is 2.85. The second kappa shape index (κ2) is 5.42. The predicted octanol–water partition coefficient (Wildman–Crippen LogP) is 3.86. The van der Waals surface area contributed by atoms with Crippen molar-refractivity contribution >= 4 is 27.3 Å². The molecule has 0 saturated carbocycles. The Morgan fingerprint density at radius 1 is 1.27 bits per heavy atom. The van der Waals surface area contributed by atoms with Gasteiger partial charge in [0.1, 0.15) is 0 Å². The zero-order chi connectivity index (χ0) is 10.5. The van der Waals surface area contributed by atoms with Crippen molar-refractivity contribution in [2.75, 3.05) is 5.33 Å². The van der Waals surface area contributed by atoms with Crippen LogP contribution in [0.25, 0.3) is 0 Å². The molecule has 0 fully saturated rings. The van der Waals surface area contributed by atoms with E-state index in [2.05, 4.69) is 51.2 Å². The number of alkyl halides is 1. The summed E-state index contributed by atoms with van der Waals surface area (Å²) in [4.78, 5) is 5.46. The Kier molecular flexibility index (Phi) is 3.92. The van der Waals surface area contributed by atoms with Gasteiger partial charge in [0.25, 0.3) is 0 Å². The van der Waals surface area contributed by atoms with Gasteiger partial charge in [-0.05, 0) is 17.9 Å². The van der Waals surface area contributed by atoms with Crippen molar-refractivity contribution < 1.29 is 0 Å². The number of halogens is 1. The van der Waals surface area contributed by atoms with Gasteiger partial charge in [0.2, 0.25) is 0 Å². The molecule has 1 aromatic heterocycles. The van der Waals surface area contributed by atoms with E-state index in [1.165, 1.54) is 10.4 Å². The highest BCUT2D eigenvalue weighted by Crippen LogP contribution is 2.24. The van der Waals surface area contributed by atoms with Gasteiger partial charge in [-0.25, -0.2) is 0 Å². The standard InChI is InChI=1S/C12H12BrNS/c13-7-11(6-12-8-14-9-15-12)10-4-2-1-3-5-10/h1-5,8-9,11H,6-7H2. The van der Waals surface area contributed by atoms with E-state index in [0.29, 0.717) is 5.92 Å². The van der Waals surface area contributed by atoms with Gasteiger partial charge in [-0.3, -0.25) is 4.98 Å². The summed E-state index contributed by atoms with van der Waals surface area (Å²) < 4.78 is 0. The molecule has 0 radical (unpaired) electrons. The minimum Gasteiger partial charge on any atom is -0.253 e. The molecule has 0 aliphatic rings. The molecule has 1 heterocycles. The molecule has 0 saturated heterocycles. The summed E-state index contributed by atoms with van der Waals surface area (Å²) in [5, 5.41) is 0.995. The molecule has 1 atom stereocenters. The number of nitrogens with zero attached hydrogens (tertiary/aromatic N) is 1. The minimum atomic E-state index is 0.548. The predicted molar refractivity (Wildman–Crippen MR) is 68.8 cm³/mol. The fraction of sp³-hybridized carbons (Fsp3) is 0.250. The van der Waals surface area contributed by atoms with Crippen LogP contribution in [0.1, 0.15) is 16.4 Å². The Morgan fingerprint density at radius 3 is 2.67 bits per heavy atom. The quantitative estimate of drug-likeness (QED) is 0.776. The SMILES string of the molecule is BrCC(Cc1cncs1)c1ccccc1. The number of rotatable bonds is 4. The van der Waals surface area contributed by atoms with E-state index in [4.69, 9.17) is 0 Å². The molecule has 0 aliphatic carbocycles. The summed E-state index contributed by atoms with van der Waals surface area (Å²) in [6.07, 6.45) is 3.03. The second-order valence-electron chi connectivity index (χ2n) is 3.43. The highest BCUT2D eigenvalue weighted by molar-refractivity contribution is 9.09. The number of thiazole rings is 1. The topological polar surface area (TPSA) is 12.9 Å². The highest BCUT2D eigenvalue weighted by atomic mass is 79.9. The normalized spacial score (nSPS) is 12.6. The molecule has 3 heteroatoms. The second-order valence-corrected chi connectivity index (χ2v) is 5.05. The first-order valence-electron chi connectivity index (χ1n) is 4.88. The number of benzene rings is 1. The smallest absolute Gasteiger partial charge is 0.0794 e. The lowest BCUT2D eigenvalue weighted by Gasteiger charge is -2.12. The lowest BCUT2D eigenvalue weighted by molar-refractivity contribution is 0.784. The number of aromatic nitrogens is 1. The summed E-state index contributed by atoms with van der Waals surface area (Å²) in [7, 11) is 0. The molecule has 1 nitrogen and oxygen atoms in total. The van der Waals surface area contributed by atoms with E-state index in [-0.39, 0.29) is 0 Å². The Balaban J connectivity index is 2.12. The maximum Gasteiger partial charge on any atom is 0.0794 e. The molecule has 1 unspecified atom stereocenters. The van der Waals surface area contributed by atoms with Gasteiger partial charge in [-0.1, -0.05) is 46.3 Å². The lowest BCUT2D eigenvalue weighted by atomic mass is 9.97. The van der Waals surface area contributed by atoms with E-state index in [1.807, 2.05) is 11.7 Å². The lowest BCUT2D eigenvalue weighted by Crippen LogP contribution is -2.03. The van der Waals surface area contributed by atoms with Crippen LogP contribution in [0.5, 0.6) is 0 Å². The molecule has 0 N–H and O–H groups in total. The van der Waals surface area contributed by atoms with Gasteiger partial charge in [0.05, 0.1) is 5.51 Å². The van der Waals surface area contributed by atoms with Crippen molar-refractivity contribution in [1.82, 2.24) is 4.98 Å². The van der Waals surface area contributed by atoms with Crippen LogP contribution in [0.15, 0.2) is 42.0 Å². The van der Waals surface area contributed by atoms with Gasteiger partial charge in [-0.15, -0.1) is 11.3 Å². The third-order valence-corrected chi connectivity index (χ3v) is 3.97. The van der Waals surface area contributed by atoms with Crippen LogP contribution in [-0.2, 0) is 6.42 Å². The Labute approximate surface area is 102 Å². The first-order valence-corrected chi connectivity index (χ1v) is 6.88. The van der Waals surface area contributed by atoms with E-state index in [0.717, 1.165) is 11.8 Å². The molecular formula is C12H12BrNS. The molecule has 15 heavy (non-hydrogen) atoms. The van der Waals surface area contributed by atoms with Crippen molar-refractivity contribution in [2.45, 2.75) is 12.3 Å². The van der Waals surface area contributed by atoms with E-state index in [9.17, 15) is 0 Å². The largest absolute Gasteiger partial charge is 0.253 e. The van der Waals surface area contributed by atoms with Crippen molar-refractivity contribution in [1.29, 1.82) is 0 Å². The van der Waals surface area contributed by atoms with Crippen molar-refractivity contribution in [2.24, 2.45) is 0 Å². The molecule has 2 rings (SSSR count). The van der Waals surface area contributed by atoms with Crippen LogP contribution < -0.4 is 0 Å².